The van der Waals surface area contributed by atoms with Crippen molar-refractivity contribution in [2.45, 2.75) is 43.4 Å². The Morgan fingerprint density at radius 3 is 2.13 bits per heavy atom. The average molecular weight is 792 g/mol. The van der Waals surface area contributed by atoms with Crippen LogP contribution in [-0.2, 0) is 16.0 Å². The predicted octanol–water partition coefficient (Wildman–Crippen LogP) is 9.01. The first-order valence-electron chi connectivity index (χ1n) is 17.5. The maximum absolute atomic E-state index is 9.55. The van der Waals surface area contributed by atoms with E-state index in [4.69, 9.17) is 21.8 Å². The minimum Gasteiger partial charge on any atom is -0.478 e. The molecule has 280 valence electrons. The van der Waals surface area contributed by atoms with Gasteiger partial charge in [0.1, 0.15) is 0 Å². The van der Waals surface area contributed by atoms with Crippen LogP contribution in [0.1, 0.15) is 23.6 Å². The molecule has 0 saturated carbocycles. The molecule has 8 nitrogen and oxygen atoms in total. The summed E-state index contributed by atoms with van der Waals surface area (Å²) in [6.45, 7) is 6.75. The molecular weight excluding hydrogens is 744 g/mol. The molecule has 4 aromatic carbocycles. The topological polar surface area (TPSA) is 87.6 Å². The number of aliphatic carboxylic acids is 2. The van der Waals surface area contributed by atoms with Crippen molar-refractivity contribution in [1.29, 1.82) is 0 Å². The second-order valence-electron chi connectivity index (χ2n) is 13.2. The minimum atomic E-state index is -1.26. The van der Waals surface area contributed by atoms with E-state index in [0.29, 0.717) is 18.2 Å². The van der Waals surface area contributed by atoms with Crippen LogP contribution in [0.3, 0.4) is 0 Å². The standard InChI is InChI=1S/C20H24N2S2.C17H19ClN2S.C4H4O4/c1-21-9-11-22(12-10-21)18-13-15-5-3-4-6-19(15)24-20-8-7-16(23-2)14-17(18)20;1-19(2)10-5-11-20-14-6-3-4-7-16(14)21-17-9-8-13(18)12-15(17)20;5-3(6)1-2-4(7)8/h3-8,14,18H,9-13H2,1-2H3;3-4,6-9,12H,5,10-11H2,1-2H3;1-2H,(H,5,6)(H,7,8). The van der Waals surface area contributed by atoms with Gasteiger partial charge in [-0.1, -0.05) is 65.5 Å². The van der Waals surface area contributed by atoms with E-state index in [9.17, 15) is 9.59 Å². The highest BCUT2D eigenvalue weighted by Crippen LogP contribution is 2.49. The lowest BCUT2D eigenvalue weighted by Gasteiger charge is -2.38. The Morgan fingerprint density at radius 2 is 1.45 bits per heavy atom. The molecule has 3 aliphatic heterocycles. The molecule has 3 heterocycles. The highest BCUT2D eigenvalue weighted by Gasteiger charge is 2.29. The van der Waals surface area contributed by atoms with Crippen LogP contribution < -0.4 is 4.90 Å². The molecule has 3 aliphatic rings. The highest BCUT2D eigenvalue weighted by atomic mass is 35.5. The number of carboxylic acids is 2. The van der Waals surface area contributed by atoms with Gasteiger partial charge in [0.05, 0.1) is 11.4 Å². The van der Waals surface area contributed by atoms with E-state index in [1.54, 1.807) is 0 Å². The third-order valence-electron chi connectivity index (χ3n) is 9.10. The third-order valence-corrected chi connectivity index (χ3v) is 12.4. The minimum absolute atomic E-state index is 0.497. The van der Waals surface area contributed by atoms with Gasteiger partial charge in [0, 0.05) is 80.4 Å². The molecule has 53 heavy (non-hydrogen) atoms. The summed E-state index contributed by atoms with van der Waals surface area (Å²) in [5.41, 5.74) is 5.53. The number of anilines is 2. The fourth-order valence-electron chi connectivity index (χ4n) is 6.41. The zero-order chi connectivity index (χ0) is 37.9. The van der Waals surface area contributed by atoms with Crippen LogP contribution in [0.15, 0.2) is 122 Å². The zero-order valence-electron chi connectivity index (χ0n) is 30.6. The summed E-state index contributed by atoms with van der Waals surface area (Å²) in [6.07, 6.45) is 5.53. The number of likely N-dealkylation sites (N-methyl/N-ethyl adjacent to an activating group) is 1. The maximum Gasteiger partial charge on any atom is 0.328 e. The van der Waals surface area contributed by atoms with E-state index in [2.05, 4.69) is 126 Å². The number of hydrogen-bond donors (Lipinski definition) is 2. The van der Waals surface area contributed by atoms with Gasteiger partial charge in [0.2, 0.25) is 0 Å². The summed E-state index contributed by atoms with van der Waals surface area (Å²) in [4.78, 5) is 35.7. The Balaban J connectivity index is 0.000000172. The lowest BCUT2D eigenvalue weighted by atomic mass is 9.96. The second-order valence-corrected chi connectivity index (χ2v) is 16.7. The second kappa shape index (κ2) is 19.8. The number of halogens is 1. The molecule has 1 fully saturated rings. The number of fused-ring (bicyclic) bond motifs is 4. The van der Waals surface area contributed by atoms with Crippen molar-refractivity contribution in [2.75, 3.05) is 71.6 Å². The number of piperazine rings is 1. The predicted molar refractivity (Wildman–Crippen MR) is 221 cm³/mol. The molecule has 0 spiro atoms. The molecule has 0 radical (unpaired) electrons. The van der Waals surface area contributed by atoms with E-state index in [-0.39, 0.29) is 0 Å². The first-order chi connectivity index (χ1) is 25.5. The third kappa shape index (κ3) is 11.5. The van der Waals surface area contributed by atoms with Crippen LogP contribution in [-0.4, -0.2) is 104 Å². The largest absolute Gasteiger partial charge is 0.478 e. The van der Waals surface area contributed by atoms with Crippen molar-refractivity contribution >= 4 is 70.2 Å². The average Bonchev–Trinajstić information content (AvgIpc) is 3.31. The highest BCUT2D eigenvalue weighted by molar-refractivity contribution is 8.00. The lowest BCUT2D eigenvalue weighted by Crippen LogP contribution is -2.46. The van der Waals surface area contributed by atoms with Gasteiger partial charge in [-0.15, -0.1) is 11.8 Å². The fraction of sp³-hybridized carbons (Fsp3) is 0.317. The van der Waals surface area contributed by atoms with Gasteiger partial charge in [-0.25, -0.2) is 9.59 Å². The Hall–Kier alpha value is -3.42. The molecule has 4 aromatic rings. The lowest BCUT2D eigenvalue weighted by molar-refractivity contribution is -0.134. The fourth-order valence-corrected chi connectivity index (χ4v) is 9.21. The van der Waals surface area contributed by atoms with Gasteiger partial charge in [0.25, 0.3) is 0 Å². The Bertz CT molecular complexity index is 1880. The van der Waals surface area contributed by atoms with Crippen molar-refractivity contribution in [3.8, 4) is 0 Å². The summed E-state index contributed by atoms with van der Waals surface area (Å²) >= 11 is 11.8. The quantitative estimate of drug-likeness (QED) is 0.133. The zero-order valence-corrected chi connectivity index (χ0v) is 33.8. The molecule has 1 saturated heterocycles. The van der Waals surface area contributed by atoms with E-state index in [1.807, 2.05) is 41.4 Å². The van der Waals surface area contributed by atoms with Crippen LogP contribution in [0, 0.1) is 0 Å². The Morgan fingerprint density at radius 1 is 0.830 bits per heavy atom. The summed E-state index contributed by atoms with van der Waals surface area (Å²) < 4.78 is 0. The van der Waals surface area contributed by atoms with E-state index >= 15 is 0 Å². The van der Waals surface area contributed by atoms with Gasteiger partial charge in [-0.3, -0.25) is 4.90 Å². The summed E-state index contributed by atoms with van der Waals surface area (Å²) in [5, 5.41) is 16.4. The van der Waals surface area contributed by atoms with Crippen LogP contribution in [0.5, 0.6) is 0 Å². The van der Waals surface area contributed by atoms with Crippen LogP contribution in [0.4, 0.5) is 11.4 Å². The molecule has 1 atom stereocenters. The van der Waals surface area contributed by atoms with Crippen molar-refractivity contribution in [3.05, 3.63) is 113 Å². The molecule has 2 N–H and O–H groups in total. The SMILES string of the molecule is CN(C)CCCN1c2ccccc2Sc2ccc(Cl)cc21.CSc1ccc2c(c1)C(N1CCN(C)CC1)Cc1ccccc1S2.O=C(O)C=CC(=O)O. The van der Waals surface area contributed by atoms with Gasteiger partial charge in [-0.2, -0.15) is 0 Å². The smallest absolute Gasteiger partial charge is 0.328 e. The van der Waals surface area contributed by atoms with Gasteiger partial charge in [0.15, 0.2) is 0 Å². The van der Waals surface area contributed by atoms with Gasteiger partial charge >= 0.3 is 11.9 Å². The first kappa shape index (κ1) is 40.8. The molecule has 0 amide bonds. The van der Waals surface area contributed by atoms with Crippen LogP contribution in [0.2, 0.25) is 5.02 Å². The molecule has 0 bridgehead atoms. The Kier molecular flexibility index (Phi) is 15.2. The molecule has 0 aliphatic carbocycles. The number of nitrogens with zero attached hydrogens (tertiary/aromatic N) is 4. The summed E-state index contributed by atoms with van der Waals surface area (Å²) in [7, 11) is 6.46. The molecule has 1 unspecified atom stereocenters. The van der Waals surface area contributed by atoms with Crippen LogP contribution in [0.25, 0.3) is 0 Å². The van der Waals surface area contributed by atoms with Crippen molar-refractivity contribution < 1.29 is 19.8 Å². The molecular formula is C41H47ClN4O4S3. The van der Waals surface area contributed by atoms with Gasteiger partial charge < -0.3 is 24.9 Å². The number of para-hydroxylation sites is 1. The monoisotopic (exact) mass is 790 g/mol. The molecule has 0 aromatic heterocycles. The van der Waals surface area contributed by atoms with Crippen molar-refractivity contribution in [1.82, 2.24) is 14.7 Å². The number of carboxylic acid groups (broad SMARTS) is 2. The maximum atomic E-state index is 9.55. The van der Waals surface area contributed by atoms with E-state index in [0.717, 1.165) is 44.0 Å². The number of carbonyl (C=O) groups is 2. The van der Waals surface area contributed by atoms with Crippen molar-refractivity contribution in [2.24, 2.45) is 0 Å². The van der Waals surface area contributed by atoms with Crippen molar-refractivity contribution in [3.63, 3.8) is 0 Å². The molecule has 12 heteroatoms. The normalized spacial score (nSPS) is 16.6. The van der Waals surface area contributed by atoms with Gasteiger partial charge in [-0.05, 0) is 113 Å². The van der Waals surface area contributed by atoms with E-state index in [1.165, 1.54) is 60.1 Å². The number of thioether (sulfide) groups is 1. The number of hydrogen-bond acceptors (Lipinski definition) is 9. The summed E-state index contributed by atoms with van der Waals surface area (Å²) in [5.74, 6) is -2.51. The Labute approximate surface area is 331 Å². The van der Waals surface area contributed by atoms with E-state index < -0.39 is 11.9 Å². The molecule has 7 rings (SSSR count). The summed E-state index contributed by atoms with van der Waals surface area (Å²) in [6, 6.07) is 31.2. The first-order valence-corrected chi connectivity index (χ1v) is 20.7. The number of benzene rings is 4. The number of rotatable bonds is 8. The van der Waals surface area contributed by atoms with Crippen LogP contribution >= 0.6 is 46.9 Å².